The molecule has 0 aromatic heterocycles. The molecule has 1 aromatic carbocycles. The Balaban J connectivity index is 1.89. The van der Waals surface area contributed by atoms with E-state index in [4.69, 9.17) is 23.2 Å². The zero-order chi connectivity index (χ0) is 13.6. The van der Waals surface area contributed by atoms with Crippen LogP contribution in [-0.4, -0.2) is 5.78 Å². The van der Waals surface area contributed by atoms with Gasteiger partial charge in [0.05, 0.1) is 6.07 Å². The number of ketones is 1. The summed E-state index contributed by atoms with van der Waals surface area (Å²) in [4.78, 5) is 12.5. The van der Waals surface area contributed by atoms with Crippen LogP contribution >= 0.6 is 23.2 Å². The van der Waals surface area contributed by atoms with Gasteiger partial charge in [-0.15, -0.1) is 0 Å². The van der Waals surface area contributed by atoms with Gasteiger partial charge in [-0.3, -0.25) is 4.79 Å². The van der Waals surface area contributed by atoms with Crippen LogP contribution in [0.1, 0.15) is 30.7 Å². The van der Waals surface area contributed by atoms with Crippen LogP contribution in [0.15, 0.2) is 18.2 Å². The molecule has 0 radical (unpaired) electrons. The number of benzene rings is 1. The molecule has 1 aromatic rings. The Morgan fingerprint density at radius 2 is 1.84 bits per heavy atom. The van der Waals surface area contributed by atoms with Crippen LogP contribution in [0.2, 0.25) is 10.0 Å². The first-order valence-corrected chi connectivity index (χ1v) is 7.28. The number of nitrogens with zero attached hydrogens (tertiary/aromatic N) is 1. The fourth-order valence-corrected chi connectivity index (χ4v) is 4.11. The van der Waals surface area contributed by atoms with Gasteiger partial charge in [-0.25, -0.2) is 0 Å². The summed E-state index contributed by atoms with van der Waals surface area (Å²) >= 11 is 12.2. The zero-order valence-electron chi connectivity index (χ0n) is 10.3. The third-order valence-corrected chi connectivity index (χ3v) is 5.10. The van der Waals surface area contributed by atoms with Crippen molar-refractivity contribution in [2.75, 3.05) is 0 Å². The highest BCUT2D eigenvalue weighted by atomic mass is 35.5. The van der Waals surface area contributed by atoms with Gasteiger partial charge in [0.25, 0.3) is 0 Å². The van der Waals surface area contributed by atoms with E-state index in [9.17, 15) is 10.1 Å². The highest BCUT2D eigenvalue weighted by Crippen LogP contribution is 2.59. The van der Waals surface area contributed by atoms with Crippen molar-refractivity contribution >= 4 is 29.0 Å². The van der Waals surface area contributed by atoms with Crippen molar-refractivity contribution in [2.24, 2.45) is 17.8 Å². The molecule has 2 fully saturated rings. The molecular weight excluding hydrogens is 281 g/mol. The predicted molar refractivity (Wildman–Crippen MR) is 74.1 cm³/mol. The molecule has 3 unspecified atom stereocenters. The Bertz CT molecular complexity index is 548. The van der Waals surface area contributed by atoms with Gasteiger partial charge in [0.1, 0.15) is 5.92 Å². The molecule has 3 rings (SSSR count). The Morgan fingerprint density at radius 1 is 1.26 bits per heavy atom. The van der Waals surface area contributed by atoms with Gasteiger partial charge < -0.3 is 0 Å². The monoisotopic (exact) mass is 293 g/mol. The van der Waals surface area contributed by atoms with Crippen LogP contribution in [-0.2, 0) is 4.79 Å². The number of hydrogen-bond acceptors (Lipinski definition) is 2. The third kappa shape index (κ3) is 2.06. The quantitative estimate of drug-likeness (QED) is 0.837. The Kier molecular flexibility index (Phi) is 3.28. The Morgan fingerprint density at radius 3 is 2.37 bits per heavy atom. The van der Waals surface area contributed by atoms with Gasteiger partial charge in [-0.05, 0) is 36.8 Å². The summed E-state index contributed by atoms with van der Waals surface area (Å²) in [6, 6.07) is 7.16. The predicted octanol–water partition coefficient (Wildman–Crippen LogP) is 4.22. The summed E-state index contributed by atoms with van der Waals surface area (Å²) in [6.07, 6.45) is 3.45. The smallest absolute Gasteiger partial charge is 0.158 e. The van der Waals surface area contributed by atoms with Crippen LogP contribution in [0, 0.1) is 29.1 Å². The fourth-order valence-electron chi connectivity index (χ4n) is 3.49. The molecular formula is C15H13Cl2NO. The maximum Gasteiger partial charge on any atom is 0.158 e. The maximum atomic E-state index is 12.5. The Hall–Kier alpha value is -1.04. The average molecular weight is 294 g/mol. The van der Waals surface area contributed by atoms with Gasteiger partial charge in [-0.1, -0.05) is 35.7 Å². The minimum Gasteiger partial charge on any atom is -0.298 e. The lowest BCUT2D eigenvalue weighted by Gasteiger charge is -2.13. The fraction of sp³-hybridized carbons (Fsp3) is 0.467. The summed E-state index contributed by atoms with van der Waals surface area (Å²) < 4.78 is 0. The SMILES string of the molecule is N#CC(C(=O)C1C2CCCC21)c1c(Cl)cccc1Cl. The number of rotatable bonds is 3. The molecule has 2 saturated carbocycles. The van der Waals surface area contributed by atoms with Crippen LogP contribution in [0.4, 0.5) is 0 Å². The molecule has 0 N–H and O–H groups in total. The second-order valence-electron chi connectivity index (χ2n) is 5.38. The first-order chi connectivity index (χ1) is 9.15. The number of nitriles is 1. The van der Waals surface area contributed by atoms with Crippen molar-refractivity contribution in [3.63, 3.8) is 0 Å². The lowest BCUT2D eigenvalue weighted by molar-refractivity contribution is -0.121. The number of halogens is 2. The zero-order valence-corrected chi connectivity index (χ0v) is 11.8. The second kappa shape index (κ2) is 4.81. The summed E-state index contributed by atoms with van der Waals surface area (Å²) in [5.74, 6) is 0.254. The minimum absolute atomic E-state index is 0.00667. The largest absolute Gasteiger partial charge is 0.298 e. The van der Waals surface area contributed by atoms with Gasteiger partial charge >= 0.3 is 0 Å². The number of carbonyl (C=O) groups excluding carboxylic acids is 1. The minimum atomic E-state index is -0.822. The van der Waals surface area contributed by atoms with E-state index in [-0.39, 0.29) is 11.7 Å². The molecule has 3 atom stereocenters. The normalized spacial score (nSPS) is 29.4. The molecule has 0 bridgehead atoms. The highest BCUT2D eigenvalue weighted by Gasteiger charge is 2.57. The molecule has 2 aliphatic rings. The second-order valence-corrected chi connectivity index (χ2v) is 6.20. The van der Waals surface area contributed by atoms with E-state index in [1.54, 1.807) is 18.2 Å². The molecule has 2 aliphatic carbocycles. The van der Waals surface area contributed by atoms with Crippen LogP contribution in [0.3, 0.4) is 0 Å². The van der Waals surface area contributed by atoms with Gasteiger partial charge in [0.15, 0.2) is 5.78 Å². The van der Waals surface area contributed by atoms with Crippen molar-refractivity contribution < 1.29 is 4.79 Å². The summed E-state index contributed by atoms with van der Waals surface area (Å²) in [6.45, 7) is 0. The van der Waals surface area contributed by atoms with E-state index in [0.29, 0.717) is 27.4 Å². The first kappa shape index (κ1) is 13.0. The lowest BCUT2D eigenvalue weighted by atomic mass is 9.91. The van der Waals surface area contributed by atoms with E-state index in [2.05, 4.69) is 6.07 Å². The molecule has 0 aliphatic heterocycles. The highest BCUT2D eigenvalue weighted by molar-refractivity contribution is 6.36. The van der Waals surface area contributed by atoms with Crippen LogP contribution in [0.5, 0.6) is 0 Å². The van der Waals surface area contributed by atoms with Crippen molar-refractivity contribution in [2.45, 2.75) is 25.2 Å². The van der Waals surface area contributed by atoms with E-state index < -0.39 is 5.92 Å². The van der Waals surface area contributed by atoms with Crippen molar-refractivity contribution in [1.29, 1.82) is 5.26 Å². The average Bonchev–Trinajstić information content (AvgIpc) is 2.86. The molecule has 98 valence electrons. The van der Waals surface area contributed by atoms with Crippen LogP contribution in [0.25, 0.3) is 0 Å². The van der Waals surface area contributed by atoms with E-state index in [1.807, 2.05) is 0 Å². The van der Waals surface area contributed by atoms with E-state index >= 15 is 0 Å². The molecule has 2 nitrogen and oxygen atoms in total. The van der Waals surface area contributed by atoms with Crippen molar-refractivity contribution in [3.05, 3.63) is 33.8 Å². The van der Waals surface area contributed by atoms with E-state index in [0.717, 1.165) is 12.8 Å². The van der Waals surface area contributed by atoms with E-state index in [1.165, 1.54) is 6.42 Å². The Labute approximate surface area is 122 Å². The number of hydrogen-bond donors (Lipinski definition) is 0. The number of Topliss-reactive ketones (excluding diaryl/α,β-unsaturated/α-hetero) is 1. The maximum absolute atomic E-state index is 12.5. The van der Waals surface area contributed by atoms with Crippen molar-refractivity contribution in [3.8, 4) is 6.07 Å². The first-order valence-electron chi connectivity index (χ1n) is 6.52. The number of carbonyl (C=O) groups is 1. The topological polar surface area (TPSA) is 40.9 Å². The molecule has 4 heteroatoms. The standard InChI is InChI=1S/C15H13Cl2NO/c16-11-5-2-6-12(17)14(11)10(7-18)15(19)13-8-3-1-4-9(8)13/h2,5-6,8-10,13H,1,3-4H2. The molecule has 0 amide bonds. The lowest BCUT2D eigenvalue weighted by Crippen LogP contribution is -2.16. The number of fused-ring (bicyclic) bond motifs is 1. The van der Waals surface area contributed by atoms with Crippen LogP contribution < -0.4 is 0 Å². The molecule has 0 spiro atoms. The third-order valence-electron chi connectivity index (χ3n) is 4.44. The van der Waals surface area contributed by atoms with Crippen molar-refractivity contribution in [1.82, 2.24) is 0 Å². The van der Waals surface area contributed by atoms with Gasteiger partial charge in [0, 0.05) is 21.5 Å². The summed E-state index contributed by atoms with van der Waals surface area (Å²) in [7, 11) is 0. The molecule has 0 saturated heterocycles. The summed E-state index contributed by atoms with van der Waals surface area (Å²) in [5, 5.41) is 10.2. The molecule has 0 heterocycles. The van der Waals surface area contributed by atoms with Gasteiger partial charge in [-0.2, -0.15) is 5.26 Å². The van der Waals surface area contributed by atoms with Gasteiger partial charge in [0.2, 0.25) is 0 Å². The summed E-state index contributed by atoms with van der Waals surface area (Å²) in [5.41, 5.74) is 0.475. The molecule has 19 heavy (non-hydrogen) atoms.